The quantitative estimate of drug-likeness (QED) is 0.728. The van der Waals surface area contributed by atoms with Gasteiger partial charge in [-0.25, -0.2) is 0 Å². The molecule has 3 heteroatoms. The van der Waals surface area contributed by atoms with Gasteiger partial charge in [-0.2, -0.15) is 0 Å². The van der Waals surface area contributed by atoms with E-state index < -0.39 is 0 Å². The molecule has 2 aliphatic heterocycles. The molecular formula is C12H25N3. The highest BCUT2D eigenvalue weighted by molar-refractivity contribution is 4.82. The second-order valence-electron chi connectivity index (χ2n) is 5.25. The average molecular weight is 211 g/mol. The molecule has 0 aromatic carbocycles. The van der Waals surface area contributed by atoms with Crippen LogP contribution in [0.2, 0.25) is 0 Å². The van der Waals surface area contributed by atoms with E-state index in [1.807, 2.05) is 0 Å². The van der Waals surface area contributed by atoms with Gasteiger partial charge in [0.1, 0.15) is 0 Å². The van der Waals surface area contributed by atoms with E-state index >= 15 is 0 Å². The summed E-state index contributed by atoms with van der Waals surface area (Å²) in [6, 6.07) is 1.48. The summed E-state index contributed by atoms with van der Waals surface area (Å²) < 4.78 is 0. The number of hydrogen-bond acceptors (Lipinski definition) is 3. The van der Waals surface area contributed by atoms with Gasteiger partial charge in [0.25, 0.3) is 0 Å². The van der Waals surface area contributed by atoms with Crippen LogP contribution in [0.4, 0.5) is 0 Å². The van der Waals surface area contributed by atoms with Gasteiger partial charge >= 0.3 is 0 Å². The van der Waals surface area contributed by atoms with Crippen LogP contribution < -0.4 is 5.32 Å². The minimum absolute atomic E-state index is 0.729. The lowest BCUT2D eigenvalue weighted by Gasteiger charge is -2.40. The number of hydrogen-bond donors (Lipinski definition) is 1. The van der Waals surface area contributed by atoms with E-state index in [1.165, 1.54) is 52.0 Å². The third-order valence-electron chi connectivity index (χ3n) is 3.84. The Hall–Kier alpha value is -0.120. The van der Waals surface area contributed by atoms with Crippen molar-refractivity contribution in [1.82, 2.24) is 15.1 Å². The maximum atomic E-state index is 3.64. The number of nitrogens with zero attached hydrogens (tertiary/aromatic N) is 2. The molecule has 3 nitrogen and oxygen atoms in total. The zero-order chi connectivity index (χ0) is 10.7. The molecule has 2 heterocycles. The van der Waals surface area contributed by atoms with Crippen molar-refractivity contribution in [2.24, 2.45) is 0 Å². The van der Waals surface area contributed by atoms with Crippen LogP contribution in [0.15, 0.2) is 0 Å². The van der Waals surface area contributed by atoms with E-state index in [1.54, 1.807) is 0 Å². The van der Waals surface area contributed by atoms with Gasteiger partial charge in [-0.05, 0) is 33.4 Å². The van der Waals surface area contributed by atoms with Crippen molar-refractivity contribution in [3.05, 3.63) is 0 Å². The third kappa shape index (κ3) is 3.16. The number of nitrogens with one attached hydrogen (secondary N) is 1. The zero-order valence-corrected chi connectivity index (χ0v) is 10.2. The average Bonchev–Trinajstić information content (AvgIpc) is 2.24. The second kappa shape index (κ2) is 5.28. The molecule has 0 amide bonds. The summed E-state index contributed by atoms with van der Waals surface area (Å²) in [7, 11) is 2.23. The van der Waals surface area contributed by atoms with Crippen LogP contribution in [0, 0.1) is 0 Å². The van der Waals surface area contributed by atoms with Gasteiger partial charge in [-0.1, -0.05) is 6.42 Å². The molecular weight excluding hydrogens is 186 g/mol. The van der Waals surface area contributed by atoms with E-state index in [4.69, 9.17) is 0 Å². The highest BCUT2D eigenvalue weighted by Crippen LogP contribution is 2.13. The number of piperazine rings is 1. The highest BCUT2D eigenvalue weighted by Gasteiger charge is 2.24. The summed E-state index contributed by atoms with van der Waals surface area (Å²) in [6.45, 7) is 8.56. The molecule has 15 heavy (non-hydrogen) atoms. The maximum Gasteiger partial charge on any atom is 0.0195 e. The van der Waals surface area contributed by atoms with Gasteiger partial charge in [0, 0.05) is 38.3 Å². The van der Waals surface area contributed by atoms with Gasteiger partial charge in [-0.3, -0.25) is 4.90 Å². The fourth-order valence-electron chi connectivity index (χ4n) is 2.81. The SMILES string of the molecule is CC1CN(C)CCN1CC1CCCCN1. The number of piperidine rings is 1. The van der Waals surface area contributed by atoms with Crippen LogP contribution in [0.25, 0.3) is 0 Å². The summed E-state index contributed by atoms with van der Waals surface area (Å²) in [5.74, 6) is 0. The van der Waals surface area contributed by atoms with Crippen LogP contribution in [-0.4, -0.2) is 61.7 Å². The molecule has 2 rings (SSSR count). The number of likely N-dealkylation sites (N-methyl/N-ethyl adjacent to an activating group) is 1. The number of rotatable bonds is 2. The van der Waals surface area contributed by atoms with Crippen LogP contribution in [0.1, 0.15) is 26.2 Å². The van der Waals surface area contributed by atoms with Gasteiger partial charge in [-0.15, -0.1) is 0 Å². The Morgan fingerprint density at radius 3 is 2.80 bits per heavy atom. The van der Waals surface area contributed by atoms with E-state index in [2.05, 4.69) is 29.1 Å². The van der Waals surface area contributed by atoms with Crippen molar-refractivity contribution in [2.45, 2.75) is 38.3 Å². The minimum atomic E-state index is 0.729. The first-order valence-electron chi connectivity index (χ1n) is 6.41. The molecule has 0 aromatic rings. The molecule has 0 saturated carbocycles. The van der Waals surface area contributed by atoms with Crippen molar-refractivity contribution in [1.29, 1.82) is 0 Å². The van der Waals surface area contributed by atoms with Gasteiger partial charge in [0.05, 0.1) is 0 Å². The van der Waals surface area contributed by atoms with E-state index in [0.29, 0.717) is 0 Å². The Morgan fingerprint density at radius 2 is 2.13 bits per heavy atom. The van der Waals surface area contributed by atoms with Gasteiger partial charge in [0.15, 0.2) is 0 Å². The van der Waals surface area contributed by atoms with E-state index in [0.717, 1.165) is 12.1 Å². The van der Waals surface area contributed by atoms with Gasteiger partial charge < -0.3 is 10.2 Å². The van der Waals surface area contributed by atoms with Crippen molar-refractivity contribution in [3.8, 4) is 0 Å². The lowest BCUT2D eigenvalue weighted by molar-refractivity contribution is 0.0869. The molecule has 0 spiro atoms. The van der Waals surface area contributed by atoms with Crippen molar-refractivity contribution in [3.63, 3.8) is 0 Å². The molecule has 88 valence electrons. The van der Waals surface area contributed by atoms with Crippen molar-refractivity contribution < 1.29 is 0 Å². The van der Waals surface area contributed by atoms with Gasteiger partial charge in [0.2, 0.25) is 0 Å². The molecule has 0 aromatic heterocycles. The first-order chi connectivity index (χ1) is 7.25. The van der Waals surface area contributed by atoms with Crippen LogP contribution in [0.5, 0.6) is 0 Å². The Balaban J connectivity index is 1.77. The molecule has 0 radical (unpaired) electrons. The summed E-state index contributed by atoms with van der Waals surface area (Å²) in [6.07, 6.45) is 4.16. The van der Waals surface area contributed by atoms with E-state index in [-0.39, 0.29) is 0 Å². The fraction of sp³-hybridized carbons (Fsp3) is 1.00. The minimum Gasteiger partial charge on any atom is -0.313 e. The highest BCUT2D eigenvalue weighted by atomic mass is 15.3. The van der Waals surface area contributed by atoms with Crippen LogP contribution in [0.3, 0.4) is 0 Å². The molecule has 2 saturated heterocycles. The van der Waals surface area contributed by atoms with E-state index in [9.17, 15) is 0 Å². The molecule has 0 bridgehead atoms. The van der Waals surface area contributed by atoms with Crippen LogP contribution in [-0.2, 0) is 0 Å². The molecule has 0 aliphatic carbocycles. The third-order valence-corrected chi connectivity index (χ3v) is 3.84. The molecule has 2 atom stereocenters. The monoisotopic (exact) mass is 211 g/mol. The lowest BCUT2D eigenvalue weighted by Crippen LogP contribution is -2.54. The predicted octanol–water partition coefficient (Wildman–Crippen LogP) is 0.764. The second-order valence-corrected chi connectivity index (χ2v) is 5.25. The molecule has 2 fully saturated rings. The summed E-state index contributed by atoms with van der Waals surface area (Å²) >= 11 is 0. The normalized spacial score (nSPS) is 35.6. The maximum absolute atomic E-state index is 3.64. The Kier molecular flexibility index (Phi) is 4.00. The Labute approximate surface area is 93.8 Å². The van der Waals surface area contributed by atoms with Crippen molar-refractivity contribution in [2.75, 3.05) is 39.8 Å². The first-order valence-corrected chi connectivity index (χ1v) is 6.41. The first kappa shape index (κ1) is 11.4. The summed E-state index contributed by atoms with van der Waals surface area (Å²) in [5, 5.41) is 3.64. The predicted molar refractivity (Wildman–Crippen MR) is 64.2 cm³/mol. The molecule has 2 unspecified atom stereocenters. The lowest BCUT2D eigenvalue weighted by atomic mass is 10.0. The fourth-order valence-corrected chi connectivity index (χ4v) is 2.81. The summed E-state index contributed by atoms with van der Waals surface area (Å²) in [4.78, 5) is 5.10. The smallest absolute Gasteiger partial charge is 0.0195 e. The largest absolute Gasteiger partial charge is 0.313 e. The topological polar surface area (TPSA) is 18.5 Å². The standard InChI is InChI=1S/C12H25N3/c1-11-9-14(2)7-8-15(11)10-12-5-3-4-6-13-12/h11-13H,3-10H2,1-2H3. The Bertz CT molecular complexity index is 189. The van der Waals surface area contributed by atoms with Crippen molar-refractivity contribution >= 4 is 0 Å². The summed E-state index contributed by atoms with van der Waals surface area (Å²) in [5.41, 5.74) is 0. The molecule has 1 N–H and O–H groups in total. The zero-order valence-electron chi connectivity index (χ0n) is 10.2. The van der Waals surface area contributed by atoms with Crippen LogP contribution >= 0.6 is 0 Å². The molecule has 2 aliphatic rings. The Morgan fingerprint density at radius 1 is 1.27 bits per heavy atom.